The minimum atomic E-state index is -3.05. The fourth-order valence-corrected chi connectivity index (χ4v) is 5.30. The number of carbonyl (C=O) groups excluding carboxylic acids is 2. The van der Waals surface area contributed by atoms with Crippen LogP contribution < -0.4 is 10.6 Å². The lowest BCUT2D eigenvalue weighted by Gasteiger charge is -2.19. The van der Waals surface area contributed by atoms with E-state index in [4.69, 9.17) is 0 Å². The molecule has 0 aliphatic carbocycles. The highest BCUT2D eigenvalue weighted by molar-refractivity contribution is 7.91. The number of amides is 1. The Balaban J connectivity index is 1.77. The van der Waals surface area contributed by atoms with E-state index in [-0.39, 0.29) is 29.2 Å². The van der Waals surface area contributed by atoms with E-state index in [1.807, 2.05) is 0 Å². The highest BCUT2D eigenvalue weighted by Crippen LogP contribution is 2.12. The van der Waals surface area contributed by atoms with Crippen molar-refractivity contribution in [2.75, 3.05) is 11.5 Å². The monoisotopic (exact) mass is 379 g/mol. The van der Waals surface area contributed by atoms with Crippen LogP contribution in [0.5, 0.6) is 0 Å². The molecule has 1 aromatic carbocycles. The fraction of sp³-hybridized carbons (Fsp3) is 0.294. The molecule has 1 fully saturated rings. The van der Waals surface area contributed by atoms with E-state index in [1.165, 1.54) is 11.3 Å². The second kappa shape index (κ2) is 7.47. The molecule has 6 nitrogen and oxygen atoms in total. The van der Waals surface area contributed by atoms with Gasteiger partial charge in [-0.2, -0.15) is 0 Å². The smallest absolute Gasteiger partial charge is 0.256 e. The van der Waals surface area contributed by atoms with Gasteiger partial charge in [-0.1, -0.05) is 24.3 Å². The van der Waals surface area contributed by atoms with Crippen LogP contribution in [0.3, 0.4) is 0 Å². The Morgan fingerprint density at radius 3 is 2.52 bits per heavy atom. The molecule has 1 aromatic heterocycles. The van der Waals surface area contributed by atoms with Gasteiger partial charge in [-0.15, -0.1) is 11.3 Å². The van der Waals surface area contributed by atoms with Crippen LogP contribution in [-0.4, -0.2) is 43.8 Å². The highest BCUT2D eigenvalue weighted by Gasteiger charge is 2.36. The van der Waals surface area contributed by atoms with E-state index in [2.05, 4.69) is 5.32 Å². The average Bonchev–Trinajstić information content (AvgIpc) is 3.24. The largest absolute Gasteiger partial charge is 0.317 e. The van der Waals surface area contributed by atoms with E-state index in [0.29, 0.717) is 16.9 Å². The molecule has 0 saturated carbocycles. The molecule has 2 aromatic rings. The number of nitrogens with one attached hydrogen (secondary N) is 1. The molecule has 25 heavy (non-hydrogen) atoms. The zero-order valence-electron chi connectivity index (χ0n) is 13.4. The molecule has 1 saturated heterocycles. The Kier molecular flexibility index (Phi) is 5.31. The Morgan fingerprint density at radius 2 is 1.92 bits per heavy atom. The minimum absolute atomic E-state index is 0.0302. The van der Waals surface area contributed by atoms with Gasteiger partial charge in [0.15, 0.2) is 9.84 Å². The number of hydrogen-bond donors (Lipinski definition) is 2. The SMILES string of the molecule is O=C(N[C@@H]([NH2+][C@H]1CCS(=O)(=O)C1)C(=O)c1cccs1)c1ccccc1. The first-order valence-electron chi connectivity index (χ1n) is 7.94. The van der Waals surface area contributed by atoms with Gasteiger partial charge in [0.2, 0.25) is 6.17 Å². The molecule has 1 aliphatic rings. The van der Waals surface area contributed by atoms with Crippen molar-refractivity contribution in [3.05, 3.63) is 58.3 Å². The molecule has 3 N–H and O–H groups in total. The quantitative estimate of drug-likeness (QED) is 0.562. The topological polar surface area (TPSA) is 96.9 Å². The third kappa shape index (κ3) is 4.53. The van der Waals surface area contributed by atoms with Crippen molar-refractivity contribution < 1.29 is 23.3 Å². The van der Waals surface area contributed by atoms with Crippen LogP contribution in [0, 0.1) is 0 Å². The normalized spacial score (nSPS) is 20.1. The summed E-state index contributed by atoms with van der Waals surface area (Å²) in [5.74, 6) is -0.417. The van der Waals surface area contributed by atoms with E-state index >= 15 is 0 Å². The Morgan fingerprint density at radius 1 is 1.16 bits per heavy atom. The number of sulfone groups is 1. The van der Waals surface area contributed by atoms with Gasteiger partial charge in [0.1, 0.15) is 11.8 Å². The minimum Gasteiger partial charge on any atom is -0.317 e. The number of nitrogens with two attached hydrogens (primary N) is 1. The Labute approximate surface area is 150 Å². The summed E-state index contributed by atoms with van der Waals surface area (Å²) in [4.78, 5) is 25.7. The van der Waals surface area contributed by atoms with Crippen molar-refractivity contribution in [2.24, 2.45) is 0 Å². The molecule has 1 aliphatic heterocycles. The number of rotatable bonds is 6. The number of benzene rings is 1. The zero-order chi connectivity index (χ0) is 17.9. The lowest BCUT2D eigenvalue weighted by Crippen LogP contribution is -3.00. The molecular formula is C17H19N2O4S2+. The molecule has 0 bridgehead atoms. The number of Topliss-reactive ketones (excluding diaryl/α,β-unsaturated/α-hetero) is 1. The molecule has 2 atom stereocenters. The first kappa shape index (κ1) is 17.8. The number of hydrogen-bond acceptors (Lipinski definition) is 5. The summed E-state index contributed by atoms with van der Waals surface area (Å²) < 4.78 is 23.3. The molecule has 8 heteroatoms. The van der Waals surface area contributed by atoms with Gasteiger partial charge < -0.3 is 5.32 Å². The Hall–Kier alpha value is -2.03. The summed E-state index contributed by atoms with van der Waals surface area (Å²) in [6, 6.07) is 11.9. The number of thiophene rings is 1. The second-order valence-electron chi connectivity index (χ2n) is 6.01. The van der Waals surface area contributed by atoms with E-state index in [1.54, 1.807) is 53.2 Å². The summed E-state index contributed by atoms with van der Waals surface area (Å²) in [7, 11) is -3.05. The first-order valence-corrected chi connectivity index (χ1v) is 10.6. The van der Waals surface area contributed by atoms with Gasteiger partial charge >= 0.3 is 0 Å². The lowest BCUT2D eigenvalue weighted by atomic mass is 10.1. The van der Waals surface area contributed by atoms with E-state index in [9.17, 15) is 18.0 Å². The zero-order valence-corrected chi connectivity index (χ0v) is 15.1. The van der Waals surface area contributed by atoms with Crippen LogP contribution in [0.4, 0.5) is 0 Å². The van der Waals surface area contributed by atoms with Crippen molar-refractivity contribution in [1.82, 2.24) is 5.32 Å². The van der Waals surface area contributed by atoms with Crippen LogP contribution in [-0.2, 0) is 9.84 Å². The fourth-order valence-electron chi connectivity index (χ4n) is 2.83. The van der Waals surface area contributed by atoms with Crippen molar-refractivity contribution in [1.29, 1.82) is 0 Å². The van der Waals surface area contributed by atoms with Crippen LogP contribution in [0.25, 0.3) is 0 Å². The maximum atomic E-state index is 12.7. The van der Waals surface area contributed by atoms with Gasteiger partial charge in [-0.25, -0.2) is 8.42 Å². The molecule has 3 rings (SSSR count). The molecule has 2 heterocycles. The maximum absolute atomic E-state index is 12.7. The molecular weight excluding hydrogens is 360 g/mol. The van der Waals surface area contributed by atoms with E-state index in [0.717, 1.165) is 0 Å². The molecule has 132 valence electrons. The summed E-state index contributed by atoms with van der Waals surface area (Å²) in [6.07, 6.45) is -0.359. The van der Waals surface area contributed by atoms with Crippen LogP contribution in [0.2, 0.25) is 0 Å². The van der Waals surface area contributed by atoms with Crippen molar-refractivity contribution >= 4 is 32.9 Å². The summed E-state index contributed by atoms with van der Waals surface area (Å²) >= 11 is 1.30. The lowest BCUT2D eigenvalue weighted by molar-refractivity contribution is -0.706. The van der Waals surface area contributed by atoms with Gasteiger partial charge in [-0.05, 0) is 23.6 Å². The van der Waals surface area contributed by atoms with Crippen LogP contribution in [0.1, 0.15) is 26.5 Å². The molecule has 0 radical (unpaired) electrons. The number of carbonyl (C=O) groups is 2. The predicted molar refractivity (Wildman–Crippen MR) is 95.3 cm³/mol. The predicted octanol–water partition coefficient (Wildman–Crippen LogP) is 0.437. The molecule has 0 unspecified atom stereocenters. The second-order valence-corrected chi connectivity index (χ2v) is 9.19. The third-order valence-corrected chi connectivity index (χ3v) is 6.78. The van der Waals surface area contributed by atoms with Crippen molar-refractivity contribution in [3.63, 3.8) is 0 Å². The van der Waals surface area contributed by atoms with Crippen LogP contribution in [0.15, 0.2) is 47.8 Å². The average molecular weight is 379 g/mol. The van der Waals surface area contributed by atoms with E-state index < -0.39 is 16.0 Å². The van der Waals surface area contributed by atoms with Crippen molar-refractivity contribution in [2.45, 2.75) is 18.6 Å². The summed E-state index contributed by atoms with van der Waals surface area (Å²) in [5.41, 5.74) is 0.457. The maximum Gasteiger partial charge on any atom is 0.256 e. The highest BCUT2D eigenvalue weighted by atomic mass is 32.2. The van der Waals surface area contributed by atoms with Gasteiger partial charge in [0, 0.05) is 12.0 Å². The van der Waals surface area contributed by atoms with Gasteiger partial charge in [-0.3, -0.25) is 14.9 Å². The van der Waals surface area contributed by atoms with Crippen molar-refractivity contribution in [3.8, 4) is 0 Å². The van der Waals surface area contributed by atoms with Gasteiger partial charge in [0.25, 0.3) is 11.7 Å². The summed E-state index contributed by atoms with van der Waals surface area (Å²) in [5, 5.41) is 6.21. The summed E-state index contributed by atoms with van der Waals surface area (Å²) in [6.45, 7) is 0. The molecule has 0 spiro atoms. The van der Waals surface area contributed by atoms with Crippen LogP contribution >= 0.6 is 11.3 Å². The third-order valence-electron chi connectivity index (χ3n) is 4.10. The molecule has 1 amide bonds. The standard InChI is InChI=1S/C17H18N2O4S2/c20-15(14-7-4-9-24-14)16(18-13-8-10-25(22,23)11-13)19-17(21)12-5-2-1-3-6-12/h1-7,9,13,16,18H,8,10-11H2,(H,19,21)/p+1/t13-,16+/m0/s1. The first-order chi connectivity index (χ1) is 11.9. The number of ketones is 1. The number of quaternary nitrogens is 1. The Bertz CT molecular complexity index is 848. The van der Waals surface area contributed by atoms with Gasteiger partial charge in [0.05, 0.1) is 10.6 Å².